The van der Waals surface area contributed by atoms with Crippen LogP contribution in [0.2, 0.25) is 0 Å². The van der Waals surface area contributed by atoms with Gasteiger partial charge in [0.1, 0.15) is 36.3 Å². The number of likely N-dealkylation sites (tertiary alicyclic amines) is 1. The number of carbonyl (C=O) groups excluding carboxylic acids is 8. The highest BCUT2D eigenvalue weighted by atomic mass is 16.3. The average molecular weight is 821 g/mol. The van der Waals surface area contributed by atoms with Crippen molar-refractivity contribution >= 4 is 47.3 Å². The number of likely N-dealkylation sites (N-methyl/N-ethyl adjacent to an activating group) is 3. The van der Waals surface area contributed by atoms with Crippen molar-refractivity contribution in [3.63, 3.8) is 0 Å². The fourth-order valence-electron chi connectivity index (χ4n) is 7.41. The molecule has 0 aromatic heterocycles. The molecule has 2 aliphatic heterocycles. The second kappa shape index (κ2) is 22.8. The maximum absolute atomic E-state index is 14.4. The highest BCUT2D eigenvalue weighted by Gasteiger charge is 2.40. The summed E-state index contributed by atoms with van der Waals surface area (Å²) >= 11 is 0. The first-order chi connectivity index (χ1) is 27.0. The number of piperidine rings is 1. The molecule has 0 unspecified atom stereocenters. The SMILES string of the molecule is CC(C)C[C@@H]1NC(=O)[C@H](C(C)C)NC(=O)C[C@@H](C(=O)N2CCCCC2)NC(=O)[C@H]([C@@H](C)O)NC(=O)CN(C)C(=O)[C@H](CC(C)C)N(C)C(=O)[C@H](CC(C)C)N(C)C1=O. The maximum atomic E-state index is 14.4. The first-order valence-corrected chi connectivity index (χ1v) is 20.9. The Labute approximate surface area is 345 Å². The van der Waals surface area contributed by atoms with Crippen LogP contribution in [0.25, 0.3) is 0 Å². The summed E-state index contributed by atoms with van der Waals surface area (Å²) in [6.45, 7) is 16.4. The summed E-state index contributed by atoms with van der Waals surface area (Å²) in [6.07, 6.45) is 1.08. The van der Waals surface area contributed by atoms with Gasteiger partial charge in [-0.3, -0.25) is 38.4 Å². The van der Waals surface area contributed by atoms with Crippen molar-refractivity contribution < 1.29 is 43.5 Å². The van der Waals surface area contributed by atoms with Crippen molar-refractivity contribution in [2.24, 2.45) is 23.7 Å². The molecular formula is C41H72N8O9. The zero-order chi connectivity index (χ0) is 44.2. The van der Waals surface area contributed by atoms with E-state index in [1.54, 1.807) is 18.7 Å². The highest BCUT2D eigenvalue weighted by Crippen LogP contribution is 2.21. The fourth-order valence-corrected chi connectivity index (χ4v) is 7.41. The van der Waals surface area contributed by atoms with Crippen LogP contribution >= 0.6 is 0 Å². The van der Waals surface area contributed by atoms with Gasteiger partial charge in [-0.1, -0.05) is 55.4 Å². The van der Waals surface area contributed by atoms with Gasteiger partial charge in [0.25, 0.3) is 0 Å². The Balaban J connectivity index is 2.74. The van der Waals surface area contributed by atoms with E-state index >= 15 is 0 Å². The molecule has 5 N–H and O–H groups in total. The molecule has 17 heteroatoms. The molecule has 330 valence electrons. The summed E-state index contributed by atoms with van der Waals surface area (Å²) in [6, 6.07) is -7.25. The first kappa shape index (κ1) is 49.9. The second-order valence-corrected chi connectivity index (χ2v) is 17.8. The van der Waals surface area contributed by atoms with Crippen LogP contribution in [0.1, 0.15) is 107 Å². The molecule has 0 spiro atoms. The van der Waals surface area contributed by atoms with Crippen molar-refractivity contribution in [2.75, 3.05) is 40.8 Å². The van der Waals surface area contributed by atoms with Gasteiger partial charge in [-0.15, -0.1) is 0 Å². The number of hydrogen-bond acceptors (Lipinski definition) is 9. The Morgan fingerprint density at radius 1 is 0.621 bits per heavy atom. The normalized spacial score (nSPS) is 26.7. The third kappa shape index (κ3) is 14.5. The Kier molecular flexibility index (Phi) is 19.6. The van der Waals surface area contributed by atoms with Crippen LogP contribution in [0.5, 0.6) is 0 Å². The van der Waals surface area contributed by atoms with E-state index in [4.69, 9.17) is 0 Å². The molecular weight excluding hydrogens is 748 g/mol. The van der Waals surface area contributed by atoms with Gasteiger partial charge in [0.2, 0.25) is 47.3 Å². The van der Waals surface area contributed by atoms with Gasteiger partial charge in [0.05, 0.1) is 19.1 Å². The van der Waals surface area contributed by atoms with Crippen molar-refractivity contribution in [2.45, 2.75) is 150 Å². The number of nitrogens with one attached hydrogen (secondary N) is 4. The lowest BCUT2D eigenvalue weighted by Gasteiger charge is -2.38. The fraction of sp³-hybridized carbons (Fsp3) is 0.805. The van der Waals surface area contributed by atoms with Crippen LogP contribution in [0, 0.1) is 23.7 Å². The summed E-state index contributed by atoms with van der Waals surface area (Å²) in [5.74, 6) is -5.84. The molecule has 0 radical (unpaired) electrons. The summed E-state index contributed by atoms with van der Waals surface area (Å²) < 4.78 is 0. The Bertz CT molecular complexity index is 1460. The zero-order valence-corrected chi connectivity index (χ0v) is 36.9. The number of nitrogens with zero attached hydrogens (tertiary/aromatic N) is 4. The number of amides is 8. The van der Waals surface area contributed by atoms with Crippen LogP contribution in [0.4, 0.5) is 0 Å². The Morgan fingerprint density at radius 2 is 1.10 bits per heavy atom. The first-order valence-electron chi connectivity index (χ1n) is 20.9. The monoisotopic (exact) mass is 821 g/mol. The van der Waals surface area contributed by atoms with E-state index in [2.05, 4.69) is 21.3 Å². The summed E-state index contributed by atoms with van der Waals surface area (Å²) in [5.41, 5.74) is 0. The summed E-state index contributed by atoms with van der Waals surface area (Å²) in [4.78, 5) is 117. The van der Waals surface area contributed by atoms with E-state index < -0.39 is 108 Å². The third-order valence-electron chi connectivity index (χ3n) is 10.7. The number of aliphatic hydroxyl groups excluding tert-OH is 1. The van der Waals surface area contributed by atoms with E-state index in [0.29, 0.717) is 13.1 Å². The lowest BCUT2D eigenvalue weighted by molar-refractivity contribution is -0.152. The third-order valence-corrected chi connectivity index (χ3v) is 10.7. The standard InChI is InChI=1S/C41H72N8O9/c1-23(2)18-28-38(55)47(11)31(20-25(5)6)41(58)48(12)30(19-24(3)4)40(57)46(10)22-33(52)45-35(27(9)50)37(54)43-29(39(56)49-16-14-13-15-17-49)21-32(51)44-34(26(7)8)36(53)42-28/h23-31,34-35,50H,13-22H2,1-12H3,(H,42,53)(H,43,54)(H,44,51)(H,45,52)/t27-,28+,29+,30+,31+,34+,35+/m1/s1. The van der Waals surface area contributed by atoms with E-state index in [9.17, 15) is 43.5 Å². The largest absolute Gasteiger partial charge is 0.391 e. The molecule has 0 aliphatic carbocycles. The second-order valence-electron chi connectivity index (χ2n) is 17.8. The molecule has 7 atom stereocenters. The van der Waals surface area contributed by atoms with Crippen LogP contribution in [-0.4, -0.2) is 155 Å². The van der Waals surface area contributed by atoms with Gasteiger partial charge < -0.3 is 46.0 Å². The predicted molar refractivity (Wildman–Crippen MR) is 218 cm³/mol. The molecule has 58 heavy (non-hydrogen) atoms. The molecule has 8 amide bonds. The number of carbonyl (C=O) groups is 8. The van der Waals surface area contributed by atoms with E-state index in [1.807, 2.05) is 41.5 Å². The lowest BCUT2D eigenvalue weighted by atomic mass is 9.96. The van der Waals surface area contributed by atoms with Crippen LogP contribution in [0.15, 0.2) is 0 Å². The van der Waals surface area contributed by atoms with Crippen LogP contribution < -0.4 is 21.3 Å². The van der Waals surface area contributed by atoms with Gasteiger partial charge >= 0.3 is 0 Å². The lowest BCUT2D eigenvalue weighted by Crippen LogP contribution is -2.61. The van der Waals surface area contributed by atoms with E-state index in [-0.39, 0.29) is 37.0 Å². The minimum absolute atomic E-state index is 0.0508. The smallest absolute Gasteiger partial charge is 0.245 e. The Morgan fingerprint density at radius 3 is 1.60 bits per heavy atom. The van der Waals surface area contributed by atoms with Crippen LogP contribution in [0.3, 0.4) is 0 Å². The molecule has 0 aromatic carbocycles. The average Bonchev–Trinajstić information content (AvgIpc) is 3.14. The predicted octanol–water partition coefficient (Wildman–Crippen LogP) is 0.629. The van der Waals surface area contributed by atoms with Gasteiger partial charge in [0.15, 0.2) is 0 Å². The number of hydrogen-bond donors (Lipinski definition) is 5. The van der Waals surface area contributed by atoms with Gasteiger partial charge in [-0.05, 0) is 69.1 Å². The molecule has 0 aromatic rings. The number of aliphatic hydroxyl groups is 1. The van der Waals surface area contributed by atoms with Crippen molar-refractivity contribution in [1.29, 1.82) is 0 Å². The summed E-state index contributed by atoms with van der Waals surface area (Å²) in [5, 5.41) is 21.2. The molecule has 2 rings (SSSR count). The van der Waals surface area contributed by atoms with Crippen molar-refractivity contribution in [3.05, 3.63) is 0 Å². The van der Waals surface area contributed by atoms with Gasteiger partial charge in [-0.25, -0.2) is 0 Å². The minimum atomic E-state index is -1.57. The highest BCUT2D eigenvalue weighted by molar-refractivity contribution is 5.98. The minimum Gasteiger partial charge on any atom is -0.391 e. The van der Waals surface area contributed by atoms with Crippen molar-refractivity contribution in [1.82, 2.24) is 40.9 Å². The quantitative estimate of drug-likeness (QED) is 0.220. The Hall–Kier alpha value is -4.28. The topological polar surface area (TPSA) is 218 Å². The molecule has 2 heterocycles. The molecule has 2 saturated heterocycles. The maximum Gasteiger partial charge on any atom is 0.245 e. The molecule has 17 nitrogen and oxygen atoms in total. The summed E-state index contributed by atoms with van der Waals surface area (Å²) in [7, 11) is 4.38. The molecule has 0 bridgehead atoms. The van der Waals surface area contributed by atoms with Gasteiger partial charge in [0, 0.05) is 34.2 Å². The molecule has 0 saturated carbocycles. The molecule has 2 fully saturated rings. The van der Waals surface area contributed by atoms with E-state index in [0.717, 1.165) is 24.2 Å². The van der Waals surface area contributed by atoms with Crippen molar-refractivity contribution in [3.8, 4) is 0 Å². The number of rotatable bonds is 9. The van der Waals surface area contributed by atoms with Gasteiger partial charge in [-0.2, -0.15) is 0 Å². The van der Waals surface area contributed by atoms with E-state index in [1.165, 1.54) is 37.9 Å². The zero-order valence-electron chi connectivity index (χ0n) is 36.9. The van der Waals surface area contributed by atoms with Crippen LogP contribution in [-0.2, 0) is 38.4 Å². The molecule has 2 aliphatic rings.